The molecule has 0 amide bonds. The van der Waals surface area contributed by atoms with E-state index in [1.54, 1.807) is 12.1 Å². The maximum absolute atomic E-state index is 12.4. The number of ether oxygens (including phenoxy) is 1. The zero-order valence-corrected chi connectivity index (χ0v) is 14.4. The van der Waals surface area contributed by atoms with E-state index in [1.165, 1.54) is 12.0 Å². The highest BCUT2D eigenvalue weighted by Crippen LogP contribution is 2.35. The third kappa shape index (κ3) is 5.54. The number of nitrogens with one attached hydrogen (secondary N) is 1. The highest BCUT2D eigenvalue weighted by molar-refractivity contribution is 9.10. The van der Waals surface area contributed by atoms with Crippen LogP contribution in [0.1, 0.15) is 12.0 Å². The molecule has 0 aliphatic carbocycles. The first-order valence-corrected chi connectivity index (χ1v) is 8.13. The largest absolute Gasteiger partial charge is 0.503 e. The van der Waals surface area contributed by atoms with Crippen molar-refractivity contribution >= 4 is 15.9 Å². The molecule has 2 N–H and O–H groups in total. The SMILES string of the molecule is COc1cc(CNCC2CCN(CC(F)(F)F)C2)cc(Br)c1O. The summed E-state index contributed by atoms with van der Waals surface area (Å²) in [6, 6.07) is 3.52. The predicted molar refractivity (Wildman–Crippen MR) is 84.7 cm³/mol. The monoisotopic (exact) mass is 396 g/mol. The number of hydrogen-bond acceptors (Lipinski definition) is 4. The van der Waals surface area contributed by atoms with E-state index in [9.17, 15) is 18.3 Å². The number of benzene rings is 1. The minimum atomic E-state index is -4.13. The third-order valence-electron chi connectivity index (χ3n) is 3.84. The molecule has 1 heterocycles. The van der Waals surface area contributed by atoms with Crippen LogP contribution in [0.4, 0.5) is 13.2 Å². The second-order valence-corrected chi connectivity index (χ2v) is 6.62. The summed E-state index contributed by atoms with van der Waals surface area (Å²) in [5.74, 6) is 0.656. The zero-order chi connectivity index (χ0) is 17.0. The summed E-state index contributed by atoms with van der Waals surface area (Å²) in [6.07, 6.45) is -3.36. The Balaban J connectivity index is 1.79. The minimum absolute atomic E-state index is 0.0508. The third-order valence-corrected chi connectivity index (χ3v) is 4.45. The molecule has 4 nitrogen and oxygen atoms in total. The van der Waals surface area contributed by atoms with Gasteiger partial charge in [0.15, 0.2) is 11.5 Å². The topological polar surface area (TPSA) is 44.7 Å². The van der Waals surface area contributed by atoms with Crippen LogP contribution in [0.5, 0.6) is 11.5 Å². The van der Waals surface area contributed by atoms with Gasteiger partial charge in [0.2, 0.25) is 0 Å². The fourth-order valence-corrected chi connectivity index (χ4v) is 3.27. The first kappa shape index (κ1) is 18.4. The van der Waals surface area contributed by atoms with Crippen molar-refractivity contribution in [2.24, 2.45) is 5.92 Å². The standard InChI is InChI=1S/C15H20BrF3N2O2/c1-23-13-5-11(4-12(16)14(13)22)7-20-6-10-2-3-21(8-10)9-15(17,18)19/h4-5,10,20,22H,2-3,6-9H2,1H3. The Bertz CT molecular complexity index is 540. The molecule has 0 aromatic heterocycles. The van der Waals surface area contributed by atoms with Crippen LogP contribution in [0.25, 0.3) is 0 Å². The molecule has 0 saturated carbocycles. The highest BCUT2D eigenvalue weighted by Gasteiger charge is 2.34. The number of nitrogens with zero attached hydrogens (tertiary/aromatic N) is 1. The van der Waals surface area contributed by atoms with Gasteiger partial charge in [0, 0.05) is 13.1 Å². The predicted octanol–water partition coefficient (Wildman–Crippen LogP) is 3.14. The van der Waals surface area contributed by atoms with Gasteiger partial charge in [-0.1, -0.05) is 0 Å². The van der Waals surface area contributed by atoms with Gasteiger partial charge < -0.3 is 15.2 Å². The van der Waals surface area contributed by atoms with E-state index in [0.29, 0.717) is 36.4 Å². The van der Waals surface area contributed by atoms with Crippen LogP contribution < -0.4 is 10.1 Å². The van der Waals surface area contributed by atoms with Gasteiger partial charge in [-0.15, -0.1) is 0 Å². The van der Waals surface area contributed by atoms with Gasteiger partial charge in [-0.3, -0.25) is 4.90 Å². The summed E-state index contributed by atoms with van der Waals surface area (Å²) >= 11 is 3.26. The van der Waals surface area contributed by atoms with Crippen molar-refractivity contribution in [1.82, 2.24) is 10.2 Å². The summed E-state index contributed by atoms with van der Waals surface area (Å²) in [7, 11) is 1.48. The quantitative estimate of drug-likeness (QED) is 0.775. The van der Waals surface area contributed by atoms with Crippen molar-refractivity contribution in [3.8, 4) is 11.5 Å². The average molecular weight is 397 g/mol. The van der Waals surface area contributed by atoms with Crippen LogP contribution in [0.2, 0.25) is 0 Å². The van der Waals surface area contributed by atoms with Crippen LogP contribution in [0.3, 0.4) is 0 Å². The normalized spacial score (nSPS) is 19.3. The maximum atomic E-state index is 12.4. The molecule has 1 aliphatic rings. The molecule has 0 bridgehead atoms. The number of aromatic hydroxyl groups is 1. The molecule has 1 aromatic carbocycles. The van der Waals surface area contributed by atoms with Crippen LogP contribution in [0.15, 0.2) is 16.6 Å². The van der Waals surface area contributed by atoms with Gasteiger partial charge in [-0.25, -0.2) is 0 Å². The summed E-state index contributed by atoms with van der Waals surface area (Å²) in [6.45, 7) is 1.35. The van der Waals surface area contributed by atoms with Gasteiger partial charge >= 0.3 is 6.18 Å². The number of likely N-dealkylation sites (tertiary alicyclic amines) is 1. The van der Waals surface area contributed by atoms with Crippen molar-refractivity contribution in [2.45, 2.75) is 19.1 Å². The van der Waals surface area contributed by atoms with Crippen LogP contribution >= 0.6 is 15.9 Å². The molecule has 23 heavy (non-hydrogen) atoms. The summed E-state index contributed by atoms with van der Waals surface area (Å²) in [5.41, 5.74) is 0.927. The second-order valence-electron chi connectivity index (χ2n) is 5.76. The van der Waals surface area contributed by atoms with Crippen LogP contribution in [0, 0.1) is 5.92 Å². The summed E-state index contributed by atoms with van der Waals surface area (Å²) in [5, 5.41) is 13.0. The van der Waals surface area contributed by atoms with Gasteiger partial charge in [0.25, 0.3) is 0 Å². The Kier molecular flexibility index (Phi) is 6.16. The molecule has 0 radical (unpaired) electrons. The summed E-state index contributed by atoms with van der Waals surface area (Å²) in [4.78, 5) is 1.45. The Morgan fingerprint density at radius 2 is 2.17 bits per heavy atom. The second kappa shape index (κ2) is 7.72. The van der Waals surface area contributed by atoms with Crippen LogP contribution in [-0.4, -0.2) is 49.5 Å². The van der Waals surface area contributed by atoms with E-state index < -0.39 is 12.7 Å². The van der Waals surface area contributed by atoms with E-state index in [-0.39, 0.29) is 11.7 Å². The zero-order valence-electron chi connectivity index (χ0n) is 12.8. The Hall–Kier alpha value is -0.990. The molecule has 2 rings (SSSR count). The molecule has 130 valence electrons. The van der Waals surface area contributed by atoms with Crippen molar-refractivity contribution in [2.75, 3.05) is 33.3 Å². The molecule has 1 aromatic rings. The number of rotatable bonds is 6. The van der Waals surface area contributed by atoms with Gasteiger partial charge in [0.05, 0.1) is 18.1 Å². The molecule has 8 heteroatoms. The number of methoxy groups -OCH3 is 1. The van der Waals surface area contributed by atoms with Gasteiger partial charge in [-0.2, -0.15) is 13.2 Å². The first-order chi connectivity index (χ1) is 10.8. The number of hydrogen-bond donors (Lipinski definition) is 2. The number of alkyl halides is 3. The molecule has 1 unspecified atom stereocenters. The first-order valence-electron chi connectivity index (χ1n) is 7.33. The highest BCUT2D eigenvalue weighted by atomic mass is 79.9. The van der Waals surface area contributed by atoms with Crippen molar-refractivity contribution < 1.29 is 23.0 Å². The lowest BCUT2D eigenvalue weighted by atomic mass is 10.1. The maximum Gasteiger partial charge on any atom is 0.401 e. The molecule has 1 atom stereocenters. The van der Waals surface area contributed by atoms with Crippen molar-refractivity contribution in [1.29, 1.82) is 0 Å². The number of phenols is 1. The average Bonchev–Trinajstić information content (AvgIpc) is 2.87. The van der Waals surface area contributed by atoms with Crippen molar-refractivity contribution in [3.05, 3.63) is 22.2 Å². The van der Waals surface area contributed by atoms with E-state index in [2.05, 4.69) is 21.2 Å². The lowest BCUT2D eigenvalue weighted by molar-refractivity contribution is -0.143. The molecular weight excluding hydrogens is 377 g/mol. The van der Waals surface area contributed by atoms with Gasteiger partial charge in [-0.05, 0) is 59.1 Å². The van der Waals surface area contributed by atoms with Crippen molar-refractivity contribution in [3.63, 3.8) is 0 Å². The number of phenolic OH excluding ortho intramolecular Hbond substituents is 1. The Labute approximate surface area is 141 Å². The van der Waals surface area contributed by atoms with Gasteiger partial charge in [0.1, 0.15) is 0 Å². The number of halogens is 4. The Morgan fingerprint density at radius 1 is 1.43 bits per heavy atom. The molecule has 1 fully saturated rings. The van der Waals surface area contributed by atoms with E-state index in [1.807, 2.05) is 0 Å². The lowest BCUT2D eigenvalue weighted by Crippen LogP contribution is -2.33. The fraction of sp³-hybridized carbons (Fsp3) is 0.600. The van der Waals surface area contributed by atoms with Crippen LogP contribution in [-0.2, 0) is 6.54 Å². The Morgan fingerprint density at radius 3 is 2.83 bits per heavy atom. The van der Waals surface area contributed by atoms with E-state index in [0.717, 1.165) is 12.0 Å². The molecule has 1 aliphatic heterocycles. The smallest absolute Gasteiger partial charge is 0.401 e. The summed E-state index contributed by atoms with van der Waals surface area (Å²) < 4.78 is 42.7. The minimum Gasteiger partial charge on any atom is -0.503 e. The van der Waals surface area contributed by atoms with E-state index in [4.69, 9.17) is 4.74 Å². The molecular formula is C15H20BrF3N2O2. The fourth-order valence-electron chi connectivity index (χ4n) is 2.78. The van der Waals surface area contributed by atoms with E-state index >= 15 is 0 Å². The molecule has 1 saturated heterocycles. The lowest BCUT2D eigenvalue weighted by Gasteiger charge is -2.18. The molecule has 0 spiro atoms.